The van der Waals surface area contributed by atoms with Gasteiger partial charge < -0.3 is 9.88 Å². The fourth-order valence-electron chi connectivity index (χ4n) is 3.95. The average Bonchev–Trinajstić information content (AvgIpc) is 3.42. The van der Waals surface area contributed by atoms with Gasteiger partial charge in [0.05, 0.1) is 29.6 Å². The Hall–Kier alpha value is -3.41. The number of amides is 1. The summed E-state index contributed by atoms with van der Waals surface area (Å²) in [6.07, 6.45) is 4.32. The van der Waals surface area contributed by atoms with Crippen molar-refractivity contribution in [2.45, 2.75) is 45.8 Å². The number of benzene rings is 2. The molecule has 0 aliphatic heterocycles. The molecule has 1 saturated carbocycles. The van der Waals surface area contributed by atoms with Gasteiger partial charge in [0.1, 0.15) is 0 Å². The van der Waals surface area contributed by atoms with Gasteiger partial charge in [0.2, 0.25) is 0 Å². The molecule has 0 unspecified atom stereocenters. The summed E-state index contributed by atoms with van der Waals surface area (Å²) in [4.78, 5) is 17.2. The number of aryl methyl sites for hydroxylation is 2. The molecule has 5 rings (SSSR count). The van der Waals surface area contributed by atoms with Crippen LogP contribution in [0.15, 0.2) is 54.9 Å². The second-order valence-corrected chi connectivity index (χ2v) is 8.17. The van der Waals surface area contributed by atoms with Gasteiger partial charge in [-0.15, -0.1) is 0 Å². The third-order valence-corrected chi connectivity index (χ3v) is 5.66. The standard InChI is InChI=1S/C24H25N5O/c1-16-10-17(2)29(27-16)14-19-5-3-4-18(11-19)13-25-24(30)20-6-9-23-22(12-20)26-15-28(23)21-7-8-21/h3-6,9-12,15,21H,7-8,13-14H2,1-2H3,(H,25,30). The fraction of sp³-hybridized carbons (Fsp3) is 0.292. The van der Waals surface area contributed by atoms with Crippen molar-refractivity contribution in [1.29, 1.82) is 0 Å². The highest BCUT2D eigenvalue weighted by Gasteiger charge is 2.25. The van der Waals surface area contributed by atoms with Gasteiger partial charge in [-0.25, -0.2) is 4.98 Å². The molecule has 1 amide bonds. The van der Waals surface area contributed by atoms with Crippen LogP contribution >= 0.6 is 0 Å². The molecule has 2 aromatic carbocycles. The zero-order valence-electron chi connectivity index (χ0n) is 17.3. The maximum Gasteiger partial charge on any atom is 0.251 e. The van der Waals surface area contributed by atoms with Gasteiger partial charge in [-0.3, -0.25) is 9.48 Å². The Bertz CT molecular complexity index is 1230. The first-order valence-corrected chi connectivity index (χ1v) is 10.4. The van der Waals surface area contributed by atoms with Crippen molar-refractivity contribution in [3.8, 4) is 0 Å². The van der Waals surface area contributed by atoms with E-state index in [0.717, 1.165) is 34.5 Å². The summed E-state index contributed by atoms with van der Waals surface area (Å²) >= 11 is 0. The van der Waals surface area contributed by atoms with E-state index >= 15 is 0 Å². The second-order valence-electron chi connectivity index (χ2n) is 8.17. The Kier molecular flexibility index (Phi) is 4.62. The minimum absolute atomic E-state index is 0.0816. The molecule has 0 atom stereocenters. The van der Waals surface area contributed by atoms with Gasteiger partial charge in [-0.05, 0) is 62.1 Å². The molecule has 2 heterocycles. The van der Waals surface area contributed by atoms with Crippen LogP contribution in [0.5, 0.6) is 0 Å². The van der Waals surface area contributed by atoms with Crippen molar-refractivity contribution >= 4 is 16.9 Å². The lowest BCUT2D eigenvalue weighted by Gasteiger charge is -2.09. The van der Waals surface area contributed by atoms with Crippen LogP contribution in [-0.4, -0.2) is 25.2 Å². The van der Waals surface area contributed by atoms with E-state index in [1.165, 1.54) is 18.4 Å². The number of imidazole rings is 1. The number of fused-ring (bicyclic) bond motifs is 1. The highest BCUT2D eigenvalue weighted by molar-refractivity contribution is 5.97. The molecule has 0 bridgehead atoms. The maximum atomic E-state index is 12.7. The second kappa shape index (κ2) is 7.44. The summed E-state index contributed by atoms with van der Waals surface area (Å²) in [6, 6.07) is 16.7. The van der Waals surface area contributed by atoms with E-state index in [1.54, 1.807) is 0 Å². The molecule has 0 spiro atoms. The molecule has 30 heavy (non-hydrogen) atoms. The number of carbonyl (C=O) groups is 1. The van der Waals surface area contributed by atoms with Crippen LogP contribution in [0.2, 0.25) is 0 Å². The van der Waals surface area contributed by atoms with Crippen LogP contribution in [-0.2, 0) is 13.1 Å². The van der Waals surface area contributed by atoms with E-state index in [2.05, 4.69) is 45.1 Å². The lowest BCUT2D eigenvalue weighted by molar-refractivity contribution is 0.0951. The summed E-state index contributed by atoms with van der Waals surface area (Å²) in [6.45, 7) is 5.28. The predicted octanol–water partition coefficient (Wildman–Crippen LogP) is 4.16. The quantitative estimate of drug-likeness (QED) is 0.529. The van der Waals surface area contributed by atoms with Crippen molar-refractivity contribution in [2.75, 3.05) is 0 Å². The van der Waals surface area contributed by atoms with Crippen molar-refractivity contribution in [1.82, 2.24) is 24.6 Å². The number of nitrogens with one attached hydrogen (secondary N) is 1. The largest absolute Gasteiger partial charge is 0.348 e. The highest BCUT2D eigenvalue weighted by atomic mass is 16.1. The zero-order chi connectivity index (χ0) is 20.7. The van der Waals surface area contributed by atoms with Crippen molar-refractivity contribution in [2.24, 2.45) is 0 Å². The third-order valence-electron chi connectivity index (χ3n) is 5.66. The van der Waals surface area contributed by atoms with Crippen molar-refractivity contribution in [3.05, 3.63) is 82.9 Å². The predicted molar refractivity (Wildman–Crippen MR) is 116 cm³/mol. The number of carbonyl (C=O) groups excluding carboxylic acids is 1. The Morgan fingerprint density at radius 2 is 1.93 bits per heavy atom. The minimum atomic E-state index is -0.0816. The van der Waals surface area contributed by atoms with Crippen molar-refractivity contribution in [3.63, 3.8) is 0 Å². The lowest BCUT2D eigenvalue weighted by Crippen LogP contribution is -2.22. The van der Waals surface area contributed by atoms with E-state index in [4.69, 9.17) is 0 Å². The zero-order valence-corrected chi connectivity index (χ0v) is 17.3. The third kappa shape index (κ3) is 3.73. The molecule has 1 aliphatic carbocycles. The van der Waals surface area contributed by atoms with Crippen LogP contribution in [0, 0.1) is 13.8 Å². The summed E-state index contributed by atoms with van der Waals surface area (Å²) in [5.41, 5.74) is 7.02. The van der Waals surface area contributed by atoms with Crippen LogP contribution in [0.25, 0.3) is 11.0 Å². The first kappa shape index (κ1) is 18.6. The number of rotatable bonds is 6. The molecular formula is C24H25N5O. The van der Waals surface area contributed by atoms with E-state index in [1.807, 2.05) is 48.3 Å². The SMILES string of the molecule is Cc1cc(C)n(Cc2cccc(CNC(=O)c3ccc4c(c3)ncn4C3CC3)c2)n1. The van der Waals surface area contributed by atoms with Crippen LogP contribution in [0.4, 0.5) is 0 Å². The molecule has 1 aliphatic rings. The Labute approximate surface area is 175 Å². The average molecular weight is 399 g/mol. The monoisotopic (exact) mass is 399 g/mol. The van der Waals surface area contributed by atoms with E-state index < -0.39 is 0 Å². The first-order valence-electron chi connectivity index (χ1n) is 10.4. The number of hydrogen-bond donors (Lipinski definition) is 1. The van der Waals surface area contributed by atoms with E-state index in [0.29, 0.717) is 18.2 Å². The van der Waals surface area contributed by atoms with Gasteiger partial charge >= 0.3 is 0 Å². The van der Waals surface area contributed by atoms with Crippen LogP contribution < -0.4 is 5.32 Å². The van der Waals surface area contributed by atoms with Gasteiger partial charge in [0, 0.05) is 23.8 Å². The molecule has 1 N–H and O–H groups in total. The molecule has 6 heteroatoms. The Balaban J connectivity index is 1.26. The minimum Gasteiger partial charge on any atom is -0.348 e. The molecule has 4 aromatic rings. The lowest BCUT2D eigenvalue weighted by atomic mass is 10.1. The van der Waals surface area contributed by atoms with Gasteiger partial charge in [0.25, 0.3) is 5.91 Å². The molecule has 2 aromatic heterocycles. The van der Waals surface area contributed by atoms with Gasteiger partial charge in [0.15, 0.2) is 0 Å². The summed E-state index contributed by atoms with van der Waals surface area (Å²) in [5, 5.41) is 7.56. The summed E-state index contributed by atoms with van der Waals surface area (Å²) in [7, 11) is 0. The molecule has 0 saturated heterocycles. The van der Waals surface area contributed by atoms with E-state index in [-0.39, 0.29) is 5.91 Å². The fourth-order valence-corrected chi connectivity index (χ4v) is 3.95. The normalized spacial score (nSPS) is 13.7. The smallest absolute Gasteiger partial charge is 0.251 e. The molecular weight excluding hydrogens is 374 g/mol. The Morgan fingerprint density at radius 3 is 2.70 bits per heavy atom. The summed E-state index contributed by atoms with van der Waals surface area (Å²) in [5.74, 6) is -0.0816. The first-order chi connectivity index (χ1) is 14.6. The number of nitrogens with zero attached hydrogens (tertiary/aromatic N) is 4. The summed E-state index contributed by atoms with van der Waals surface area (Å²) < 4.78 is 4.22. The Morgan fingerprint density at radius 1 is 1.10 bits per heavy atom. The maximum absolute atomic E-state index is 12.7. The number of hydrogen-bond acceptors (Lipinski definition) is 3. The number of aromatic nitrogens is 4. The van der Waals surface area contributed by atoms with Crippen LogP contribution in [0.3, 0.4) is 0 Å². The van der Waals surface area contributed by atoms with Gasteiger partial charge in [-0.1, -0.05) is 24.3 Å². The van der Waals surface area contributed by atoms with E-state index in [9.17, 15) is 4.79 Å². The highest BCUT2D eigenvalue weighted by Crippen LogP contribution is 2.37. The molecule has 6 nitrogen and oxygen atoms in total. The topological polar surface area (TPSA) is 64.7 Å². The molecule has 152 valence electrons. The van der Waals surface area contributed by atoms with Crippen molar-refractivity contribution < 1.29 is 4.79 Å². The van der Waals surface area contributed by atoms with Crippen LogP contribution in [0.1, 0.15) is 51.8 Å². The molecule has 1 fully saturated rings. The molecule has 0 radical (unpaired) electrons. The van der Waals surface area contributed by atoms with Gasteiger partial charge in [-0.2, -0.15) is 5.10 Å².